The second kappa shape index (κ2) is 6.21. The molecule has 0 saturated heterocycles. The van der Waals surface area contributed by atoms with E-state index in [0.29, 0.717) is 6.42 Å². The fraction of sp³-hybridized carbons (Fsp3) is 0.357. The van der Waals surface area contributed by atoms with Crippen molar-refractivity contribution in [1.82, 2.24) is 9.97 Å². The normalized spacial score (nSPS) is 12.3. The van der Waals surface area contributed by atoms with Gasteiger partial charge in [0.15, 0.2) is 0 Å². The lowest BCUT2D eigenvalue weighted by atomic mass is 10.0. The van der Waals surface area contributed by atoms with Gasteiger partial charge >= 0.3 is 0 Å². The summed E-state index contributed by atoms with van der Waals surface area (Å²) in [4.78, 5) is 7.10. The second-order valence-electron chi connectivity index (χ2n) is 4.28. The largest absolute Gasteiger partial charge is 0.497 e. The van der Waals surface area contributed by atoms with Crippen molar-refractivity contribution in [2.45, 2.75) is 25.4 Å². The molecule has 0 aliphatic carbocycles. The Labute approximate surface area is 107 Å². The van der Waals surface area contributed by atoms with Crippen LogP contribution in [0.3, 0.4) is 0 Å². The van der Waals surface area contributed by atoms with E-state index in [4.69, 9.17) is 4.74 Å². The molecule has 2 N–H and O–H groups in total. The molecule has 2 aromatic rings. The van der Waals surface area contributed by atoms with Gasteiger partial charge in [-0.15, -0.1) is 0 Å². The summed E-state index contributed by atoms with van der Waals surface area (Å²) in [6, 6.07) is 7.93. The van der Waals surface area contributed by atoms with Gasteiger partial charge < -0.3 is 14.8 Å². The first-order valence-corrected chi connectivity index (χ1v) is 6.07. The highest BCUT2D eigenvalue weighted by molar-refractivity contribution is 5.27. The Morgan fingerprint density at radius 3 is 2.72 bits per heavy atom. The Hall–Kier alpha value is -1.81. The van der Waals surface area contributed by atoms with E-state index in [0.717, 1.165) is 24.4 Å². The molecule has 0 radical (unpaired) electrons. The Morgan fingerprint density at radius 1 is 1.33 bits per heavy atom. The van der Waals surface area contributed by atoms with Gasteiger partial charge in [-0.3, -0.25) is 0 Å². The smallest absolute Gasteiger partial charge is 0.118 e. The lowest BCUT2D eigenvalue weighted by molar-refractivity contribution is 0.163. The number of aromatic amines is 1. The predicted octanol–water partition coefficient (Wildman–Crippen LogP) is 1.95. The number of aliphatic hydroxyl groups is 1. The minimum atomic E-state index is -0.363. The molecule has 0 bridgehead atoms. The van der Waals surface area contributed by atoms with Crippen LogP contribution >= 0.6 is 0 Å². The second-order valence-corrected chi connectivity index (χ2v) is 4.28. The van der Waals surface area contributed by atoms with Crippen molar-refractivity contribution in [3.05, 3.63) is 48.0 Å². The number of nitrogens with one attached hydrogen (secondary N) is 1. The van der Waals surface area contributed by atoms with E-state index in [-0.39, 0.29) is 6.10 Å². The zero-order chi connectivity index (χ0) is 12.8. The molecule has 0 aliphatic rings. The number of hydrogen-bond acceptors (Lipinski definition) is 3. The number of nitrogens with zero attached hydrogens (tertiary/aromatic N) is 1. The molecule has 96 valence electrons. The van der Waals surface area contributed by atoms with E-state index in [1.807, 2.05) is 24.3 Å². The topological polar surface area (TPSA) is 58.1 Å². The summed E-state index contributed by atoms with van der Waals surface area (Å²) < 4.78 is 5.10. The average molecular weight is 246 g/mol. The summed E-state index contributed by atoms with van der Waals surface area (Å²) in [5.74, 6) is 1.69. The SMILES string of the molecule is COc1ccc(CCC(O)Cc2ncc[nH]2)cc1. The van der Waals surface area contributed by atoms with Crippen LogP contribution in [-0.4, -0.2) is 28.3 Å². The predicted molar refractivity (Wildman–Crippen MR) is 69.6 cm³/mol. The maximum atomic E-state index is 9.90. The fourth-order valence-electron chi connectivity index (χ4n) is 1.86. The van der Waals surface area contributed by atoms with E-state index in [1.165, 1.54) is 5.56 Å². The number of H-pyrrole nitrogens is 1. The Bertz CT molecular complexity index is 451. The maximum absolute atomic E-state index is 9.90. The quantitative estimate of drug-likeness (QED) is 0.819. The van der Waals surface area contributed by atoms with Crippen molar-refractivity contribution in [2.24, 2.45) is 0 Å². The molecule has 0 aliphatic heterocycles. The highest BCUT2D eigenvalue weighted by atomic mass is 16.5. The van der Waals surface area contributed by atoms with Gasteiger partial charge in [0.2, 0.25) is 0 Å². The zero-order valence-corrected chi connectivity index (χ0v) is 10.5. The van der Waals surface area contributed by atoms with Crippen molar-refractivity contribution in [3.8, 4) is 5.75 Å². The molecule has 4 heteroatoms. The van der Waals surface area contributed by atoms with Crippen molar-refractivity contribution in [1.29, 1.82) is 0 Å². The minimum Gasteiger partial charge on any atom is -0.497 e. The van der Waals surface area contributed by atoms with Gasteiger partial charge in [-0.25, -0.2) is 4.98 Å². The molecule has 0 saturated carbocycles. The summed E-state index contributed by atoms with van der Waals surface area (Å²) in [6.45, 7) is 0. The Balaban J connectivity index is 1.79. The maximum Gasteiger partial charge on any atom is 0.118 e. The van der Waals surface area contributed by atoms with Crippen LogP contribution in [0.1, 0.15) is 17.8 Å². The van der Waals surface area contributed by atoms with Crippen LogP contribution in [0.25, 0.3) is 0 Å². The van der Waals surface area contributed by atoms with Gasteiger partial charge in [0.1, 0.15) is 11.6 Å². The molecule has 0 spiro atoms. The molecule has 1 aromatic heterocycles. The standard InChI is InChI=1S/C14H18N2O2/c1-18-13-6-3-11(4-7-13)2-5-12(17)10-14-15-8-9-16-14/h3-4,6-9,12,17H,2,5,10H2,1H3,(H,15,16). The number of imidazole rings is 1. The van der Waals surface area contributed by atoms with E-state index >= 15 is 0 Å². The number of ether oxygens (including phenoxy) is 1. The lowest BCUT2D eigenvalue weighted by Gasteiger charge is -2.09. The molecular formula is C14H18N2O2. The van der Waals surface area contributed by atoms with Gasteiger partial charge in [-0.2, -0.15) is 0 Å². The number of rotatable bonds is 6. The molecule has 0 amide bonds. The van der Waals surface area contributed by atoms with Crippen LogP contribution in [0.2, 0.25) is 0 Å². The highest BCUT2D eigenvalue weighted by Gasteiger charge is 2.07. The monoisotopic (exact) mass is 246 g/mol. The fourth-order valence-corrected chi connectivity index (χ4v) is 1.86. The molecule has 1 aromatic carbocycles. The van der Waals surface area contributed by atoms with Gasteiger partial charge in [0, 0.05) is 18.8 Å². The number of benzene rings is 1. The number of aliphatic hydroxyl groups excluding tert-OH is 1. The zero-order valence-electron chi connectivity index (χ0n) is 10.5. The van der Waals surface area contributed by atoms with Crippen molar-refractivity contribution >= 4 is 0 Å². The van der Waals surface area contributed by atoms with Crippen LogP contribution in [0.15, 0.2) is 36.7 Å². The first kappa shape index (κ1) is 12.6. The van der Waals surface area contributed by atoms with Crippen LogP contribution in [0, 0.1) is 0 Å². The van der Waals surface area contributed by atoms with E-state index < -0.39 is 0 Å². The number of aryl methyl sites for hydroxylation is 1. The molecule has 18 heavy (non-hydrogen) atoms. The summed E-state index contributed by atoms with van der Waals surface area (Å²) in [5.41, 5.74) is 1.20. The van der Waals surface area contributed by atoms with Gasteiger partial charge in [0.05, 0.1) is 13.2 Å². The highest BCUT2D eigenvalue weighted by Crippen LogP contribution is 2.13. The minimum absolute atomic E-state index is 0.363. The number of aromatic nitrogens is 2. The van der Waals surface area contributed by atoms with Crippen molar-refractivity contribution in [3.63, 3.8) is 0 Å². The first-order valence-electron chi connectivity index (χ1n) is 6.07. The third kappa shape index (κ3) is 3.60. The van der Waals surface area contributed by atoms with Crippen LogP contribution in [-0.2, 0) is 12.8 Å². The average Bonchev–Trinajstić information content (AvgIpc) is 2.90. The van der Waals surface area contributed by atoms with Gasteiger partial charge in [0.25, 0.3) is 0 Å². The summed E-state index contributed by atoms with van der Waals surface area (Å²) >= 11 is 0. The molecule has 2 rings (SSSR count). The molecule has 1 unspecified atom stereocenters. The lowest BCUT2D eigenvalue weighted by Crippen LogP contribution is -2.12. The molecule has 1 heterocycles. The Morgan fingerprint density at radius 2 is 2.11 bits per heavy atom. The Kier molecular flexibility index (Phi) is 4.36. The number of methoxy groups -OCH3 is 1. The molecule has 4 nitrogen and oxygen atoms in total. The third-order valence-corrected chi connectivity index (χ3v) is 2.91. The van der Waals surface area contributed by atoms with E-state index in [2.05, 4.69) is 9.97 Å². The van der Waals surface area contributed by atoms with E-state index in [9.17, 15) is 5.11 Å². The van der Waals surface area contributed by atoms with Crippen LogP contribution in [0.5, 0.6) is 5.75 Å². The van der Waals surface area contributed by atoms with Crippen molar-refractivity contribution in [2.75, 3.05) is 7.11 Å². The number of hydrogen-bond donors (Lipinski definition) is 2. The van der Waals surface area contributed by atoms with Gasteiger partial charge in [-0.1, -0.05) is 12.1 Å². The molecular weight excluding hydrogens is 228 g/mol. The van der Waals surface area contributed by atoms with Gasteiger partial charge in [-0.05, 0) is 30.5 Å². The summed E-state index contributed by atoms with van der Waals surface area (Å²) in [7, 11) is 1.65. The van der Waals surface area contributed by atoms with Crippen LogP contribution < -0.4 is 4.74 Å². The molecule has 1 atom stereocenters. The third-order valence-electron chi connectivity index (χ3n) is 2.91. The van der Waals surface area contributed by atoms with Crippen molar-refractivity contribution < 1.29 is 9.84 Å². The first-order chi connectivity index (χ1) is 8.78. The molecule has 0 fully saturated rings. The van der Waals surface area contributed by atoms with E-state index in [1.54, 1.807) is 19.5 Å². The summed E-state index contributed by atoms with van der Waals surface area (Å²) in [6.07, 6.45) is 5.26. The van der Waals surface area contributed by atoms with Crippen LogP contribution in [0.4, 0.5) is 0 Å². The summed E-state index contributed by atoms with van der Waals surface area (Å²) in [5, 5.41) is 9.90.